The van der Waals surface area contributed by atoms with Gasteiger partial charge in [-0.05, 0) is 18.2 Å². The summed E-state index contributed by atoms with van der Waals surface area (Å²) in [5, 5.41) is 2.80. The molecule has 1 rings (SSSR count). The minimum absolute atomic E-state index is 0.0846. The molecule has 5 nitrogen and oxygen atoms in total. The van der Waals surface area contributed by atoms with E-state index in [1.807, 2.05) is 0 Å². The number of hydrogen-bond acceptors (Lipinski definition) is 4. The molecule has 0 unspecified atom stereocenters. The predicted octanol–water partition coefficient (Wildman–Crippen LogP) is 0.957. The van der Waals surface area contributed by atoms with Gasteiger partial charge in [0.1, 0.15) is 10.7 Å². The van der Waals surface area contributed by atoms with Crippen molar-refractivity contribution in [1.82, 2.24) is 0 Å². The second-order valence-corrected chi connectivity index (χ2v) is 6.69. The van der Waals surface area contributed by atoms with E-state index in [1.54, 1.807) is 12.1 Å². The van der Waals surface area contributed by atoms with Gasteiger partial charge in [-0.3, -0.25) is 4.79 Å². The Kier molecular flexibility index (Phi) is 4.66. The van der Waals surface area contributed by atoms with Crippen LogP contribution in [0.1, 0.15) is 5.56 Å². The molecule has 0 aromatic heterocycles. The van der Waals surface area contributed by atoms with Crippen LogP contribution in [-0.4, -0.2) is 31.3 Å². The van der Waals surface area contributed by atoms with Crippen LogP contribution in [0, 0.1) is 0 Å². The summed E-state index contributed by atoms with van der Waals surface area (Å²) < 4.78 is 22.0. The van der Waals surface area contributed by atoms with Crippen LogP contribution in [0.25, 0.3) is 0 Å². The van der Waals surface area contributed by atoms with E-state index in [9.17, 15) is 13.2 Å². The molecule has 0 radical (unpaired) electrons. The van der Waals surface area contributed by atoms with Crippen LogP contribution in [0.3, 0.4) is 0 Å². The van der Waals surface area contributed by atoms with Crippen molar-refractivity contribution >= 4 is 50.2 Å². The SMILES string of the molecule is CS(=O)(=O)CC(=O)Nc1cc(Cl)ccc1C(N)=S. The Balaban J connectivity index is 3.00. The lowest BCUT2D eigenvalue weighted by molar-refractivity contribution is -0.113. The highest BCUT2D eigenvalue weighted by Gasteiger charge is 2.14. The summed E-state index contributed by atoms with van der Waals surface area (Å²) in [7, 11) is -3.40. The summed E-state index contributed by atoms with van der Waals surface area (Å²) in [4.78, 5) is 11.6. The number of thiocarbonyl (C=S) groups is 1. The van der Waals surface area contributed by atoms with E-state index in [-0.39, 0.29) is 4.99 Å². The van der Waals surface area contributed by atoms with E-state index in [0.29, 0.717) is 16.3 Å². The summed E-state index contributed by atoms with van der Waals surface area (Å²) in [6.07, 6.45) is 0.971. The molecule has 8 heteroatoms. The number of carbonyl (C=O) groups is 1. The van der Waals surface area contributed by atoms with E-state index < -0.39 is 21.5 Å². The third kappa shape index (κ3) is 4.59. The third-order valence-corrected chi connectivity index (χ3v) is 3.16. The van der Waals surface area contributed by atoms with Crippen LogP contribution in [-0.2, 0) is 14.6 Å². The second-order valence-electron chi connectivity index (χ2n) is 3.67. The van der Waals surface area contributed by atoms with Crippen LogP contribution in [0.15, 0.2) is 18.2 Å². The molecule has 0 aliphatic rings. The average molecular weight is 307 g/mol. The van der Waals surface area contributed by atoms with Gasteiger partial charge in [-0.15, -0.1) is 0 Å². The molecule has 18 heavy (non-hydrogen) atoms. The Labute approximate surface area is 115 Å². The largest absolute Gasteiger partial charge is 0.389 e. The molecule has 0 atom stereocenters. The van der Waals surface area contributed by atoms with Gasteiger partial charge in [0, 0.05) is 16.8 Å². The molecule has 0 aliphatic carbocycles. The van der Waals surface area contributed by atoms with Gasteiger partial charge in [0.2, 0.25) is 5.91 Å². The molecular weight excluding hydrogens is 296 g/mol. The summed E-state index contributed by atoms with van der Waals surface area (Å²) in [5.74, 6) is -1.28. The van der Waals surface area contributed by atoms with Gasteiger partial charge in [-0.2, -0.15) is 0 Å². The Hall–Kier alpha value is -1.18. The number of halogens is 1. The van der Waals surface area contributed by atoms with Crippen molar-refractivity contribution in [2.75, 3.05) is 17.3 Å². The first-order valence-corrected chi connectivity index (χ1v) is 7.60. The monoisotopic (exact) mass is 306 g/mol. The van der Waals surface area contributed by atoms with Crippen molar-refractivity contribution in [2.24, 2.45) is 5.73 Å². The van der Waals surface area contributed by atoms with Gasteiger partial charge < -0.3 is 11.1 Å². The lowest BCUT2D eigenvalue weighted by Gasteiger charge is -2.10. The zero-order chi connectivity index (χ0) is 13.9. The van der Waals surface area contributed by atoms with Crippen LogP contribution in [0.5, 0.6) is 0 Å². The molecule has 1 aromatic carbocycles. The second kappa shape index (κ2) is 5.64. The van der Waals surface area contributed by atoms with Gasteiger partial charge >= 0.3 is 0 Å². The molecule has 3 N–H and O–H groups in total. The number of nitrogens with two attached hydrogens (primary N) is 1. The maximum absolute atomic E-state index is 11.5. The van der Waals surface area contributed by atoms with Crippen molar-refractivity contribution in [3.05, 3.63) is 28.8 Å². The summed E-state index contributed by atoms with van der Waals surface area (Å²) in [5.41, 5.74) is 6.21. The molecule has 98 valence electrons. The van der Waals surface area contributed by atoms with Crippen molar-refractivity contribution < 1.29 is 13.2 Å². The normalized spacial score (nSPS) is 11.0. The Morgan fingerprint density at radius 3 is 2.61 bits per heavy atom. The van der Waals surface area contributed by atoms with Gasteiger partial charge in [0.25, 0.3) is 0 Å². The Bertz CT molecular complexity index is 599. The number of nitrogens with one attached hydrogen (secondary N) is 1. The summed E-state index contributed by atoms with van der Waals surface area (Å²) in [6, 6.07) is 4.58. The molecule has 0 fully saturated rings. The zero-order valence-electron chi connectivity index (χ0n) is 9.44. The van der Waals surface area contributed by atoms with Crippen LogP contribution >= 0.6 is 23.8 Å². The fraction of sp³-hybridized carbons (Fsp3) is 0.200. The van der Waals surface area contributed by atoms with Crippen molar-refractivity contribution in [3.8, 4) is 0 Å². The molecule has 1 aromatic rings. The number of benzene rings is 1. The molecule has 0 saturated carbocycles. The lowest BCUT2D eigenvalue weighted by Crippen LogP contribution is -2.23. The van der Waals surface area contributed by atoms with E-state index in [2.05, 4.69) is 5.32 Å². The molecule has 0 spiro atoms. The van der Waals surface area contributed by atoms with E-state index >= 15 is 0 Å². The number of carbonyl (C=O) groups excluding carboxylic acids is 1. The minimum atomic E-state index is -3.40. The highest BCUT2D eigenvalue weighted by molar-refractivity contribution is 7.91. The van der Waals surface area contributed by atoms with Crippen molar-refractivity contribution in [2.45, 2.75) is 0 Å². The topological polar surface area (TPSA) is 89.3 Å². The van der Waals surface area contributed by atoms with Crippen LogP contribution in [0.2, 0.25) is 5.02 Å². The average Bonchev–Trinajstić information content (AvgIpc) is 2.13. The van der Waals surface area contributed by atoms with Gasteiger partial charge in [0.15, 0.2) is 9.84 Å². The predicted molar refractivity (Wildman–Crippen MR) is 75.7 cm³/mol. The Morgan fingerprint density at radius 1 is 1.50 bits per heavy atom. The first kappa shape index (κ1) is 14.9. The molecule has 0 heterocycles. The molecular formula is C10H11ClN2O3S2. The molecule has 1 amide bonds. The zero-order valence-corrected chi connectivity index (χ0v) is 11.8. The maximum atomic E-state index is 11.5. The first-order valence-electron chi connectivity index (χ1n) is 4.76. The van der Waals surface area contributed by atoms with Gasteiger partial charge in [-0.25, -0.2) is 8.42 Å². The summed E-state index contributed by atoms with van der Waals surface area (Å²) in [6.45, 7) is 0. The number of anilines is 1. The minimum Gasteiger partial charge on any atom is -0.389 e. The number of hydrogen-bond donors (Lipinski definition) is 2. The highest BCUT2D eigenvalue weighted by Crippen LogP contribution is 2.21. The third-order valence-electron chi connectivity index (χ3n) is 1.91. The highest BCUT2D eigenvalue weighted by atomic mass is 35.5. The number of rotatable bonds is 4. The Morgan fingerprint density at radius 2 is 2.11 bits per heavy atom. The summed E-state index contributed by atoms with van der Waals surface area (Å²) >= 11 is 10.6. The standard InChI is InChI=1S/C10H11ClN2O3S2/c1-18(15,16)5-9(14)13-8-4-6(11)2-3-7(8)10(12)17/h2-4H,5H2,1H3,(H2,12,17)(H,13,14). The van der Waals surface area contributed by atoms with Crippen molar-refractivity contribution in [3.63, 3.8) is 0 Å². The lowest BCUT2D eigenvalue weighted by atomic mass is 10.2. The quantitative estimate of drug-likeness (QED) is 0.809. The van der Waals surface area contributed by atoms with E-state index in [4.69, 9.17) is 29.6 Å². The molecule has 0 bridgehead atoms. The molecule has 0 aliphatic heterocycles. The smallest absolute Gasteiger partial charge is 0.239 e. The number of sulfone groups is 1. The van der Waals surface area contributed by atoms with Crippen LogP contribution < -0.4 is 11.1 Å². The fourth-order valence-electron chi connectivity index (χ4n) is 1.26. The van der Waals surface area contributed by atoms with Crippen molar-refractivity contribution in [1.29, 1.82) is 0 Å². The molecule has 0 saturated heterocycles. The number of amides is 1. The fourth-order valence-corrected chi connectivity index (χ4v) is 2.16. The van der Waals surface area contributed by atoms with E-state index in [1.165, 1.54) is 6.07 Å². The first-order chi connectivity index (χ1) is 8.19. The van der Waals surface area contributed by atoms with E-state index in [0.717, 1.165) is 6.26 Å². The van der Waals surface area contributed by atoms with Gasteiger partial charge in [0.05, 0.1) is 5.69 Å². The maximum Gasteiger partial charge on any atom is 0.239 e. The van der Waals surface area contributed by atoms with Gasteiger partial charge in [-0.1, -0.05) is 23.8 Å². The van der Waals surface area contributed by atoms with Crippen LogP contribution in [0.4, 0.5) is 5.69 Å².